The zero-order valence-corrected chi connectivity index (χ0v) is 10.8. The van der Waals surface area contributed by atoms with Crippen molar-refractivity contribution in [2.45, 2.75) is 58.7 Å². The third kappa shape index (κ3) is 5.85. The van der Waals surface area contributed by atoms with Gasteiger partial charge in [0, 0.05) is 0 Å². The largest absolute Gasteiger partial charge is 0.463 e. The van der Waals surface area contributed by atoms with Crippen molar-refractivity contribution in [2.24, 2.45) is 0 Å². The van der Waals surface area contributed by atoms with Crippen LogP contribution in [-0.4, -0.2) is 30.6 Å². The van der Waals surface area contributed by atoms with Gasteiger partial charge in [-0.1, -0.05) is 19.8 Å². The average molecular weight is 230 g/mol. The van der Waals surface area contributed by atoms with Crippen LogP contribution >= 0.6 is 0 Å². The molecular formula is C12H22O4. The van der Waals surface area contributed by atoms with Gasteiger partial charge in [-0.2, -0.15) is 0 Å². The Morgan fingerprint density at radius 2 is 1.81 bits per heavy atom. The van der Waals surface area contributed by atoms with Gasteiger partial charge in [-0.15, -0.1) is 0 Å². The van der Waals surface area contributed by atoms with E-state index in [1.54, 1.807) is 0 Å². The fourth-order valence-electron chi connectivity index (χ4n) is 1.29. The van der Waals surface area contributed by atoms with E-state index in [1.165, 1.54) is 7.11 Å². The lowest BCUT2D eigenvalue weighted by molar-refractivity contribution is -0.162. The summed E-state index contributed by atoms with van der Waals surface area (Å²) < 4.78 is 9.99. The van der Waals surface area contributed by atoms with Gasteiger partial charge in [0.05, 0.1) is 12.7 Å². The van der Waals surface area contributed by atoms with Crippen LogP contribution in [0.25, 0.3) is 0 Å². The van der Waals surface area contributed by atoms with Crippen LogP contribution in [0.4, 0.5) is 0 Å². The Labute approximate surface area is 97.3 Å². The number of hydrogen-bond donors (Lipinski definition) is 0. The molecule has 16 heavy (non-hydrogen) atoms. The molecule has 4 heteroatoms. The van der Waals surface area contributed by atoms with Crippen LogP contribution in [0, 0.1) is 0 Å². The second-order valence-electron chi connectivity index (χ2n) is 4.72. The van der Waals surface area contributed by atoms with Crippen molar-refractivity contribution in [3.05, 3.63) is 0 Å². The second-order valence-corrected chi connectivity index (χ2v) is 4.72. The third-order valence-corrected chi connectivity index (χ3v) is 1.99. The molecule has 0 bridgehead atoms. The SMILES string of the molecule is CCCCC(OC(C)(C)C)C(=O)C(=O)OC. The Hall–Kier alpha value is -0.900. The summed E-state index contributed by atoms with van der Waals surface area (Å²) in [5, 5.41) is 0. The van der Waals surface area contributed by atoms with E-state index in [1.807, 2.05) is 27.7 Å². The molecule has 0 rings (SSSR count). The molecule has 0 N–H and O–H groups in total. The van der Waals surface area contributed by atoms with Crippen LogP contribution in [0.1, 0.15) is 47.0 Å². The molecule has 0 amide bonds. The summed E-state index contributed by atoms with van der Waals surface area (Å²) in [4.78, 5) is 22.8. The molecule has 0 aliphatic carbocycles. The van der Waals surface area contributed by atoms with Crippen LogP contribution in [-0.2, 0) is 19.1 Å². The van der Waals surface area contributed by atoms with E-state index in [0.29, 0.717) is 6.42 Å². The fourth-order valence-corrected chi connectivity index (χ4v) is 1.29. The van der Waals surface area contributed by atoms with Crippen LogP contribution < -0.4 is 0 Å². The topological polar surface area (TPSA) is 52.6 Å². The van der Waals surface area contributed by atoms with E-state index < -0.39 is 23.5 Å². The monoisotopic (exact) mass is 230 g/mol. The molecule has 0 aliphatic rings. The number of unbranched alkanes of at least 4 members (excludes halogenated alkanes) is 1. The van der Waals surface area contributed by atoms with E-state index in [-0.39, 0.29) is 0 Å². The van der Waals surface area contributed by atoms with E-state index in [9.17, 15) is 9.59 Å². The maximum absolute atomic E-state index is 11.7. The molecule has 0 spiro atoms. The molecule has 0 aromatic rings. The van der Waals surface area contributed by atoms with Crippen LogP contribution in [0.2, 0.25) is 0 Å². The molecule has 0 fully saturated rings. The zero-order valence-electron chi connectivity index (χ0n) is 10.8. The number of methoxy groups -OCH3 is 1. The molecule has 4 nitrogen and oxygen atoms in total. The first kappa shape index (κ1) is 15.1. The predicted octanol–water partition coefficient (Wildman–Crippen LogP) is 2.10. The summed E-state index contributed by atoms with van der Waals surface area (Å²) in [6.45, 7) is 7.60. The van der Waals surface area contributed by atoms with E-state index in [2.05, 4.69) is 4.74 Å². The molecule has 0 aromatic heterocycles. The quantitative estimate of drug-likeness (QED) is 0.518. The summed E-state index contributed by atoms with van der Waals surface area (Å²) >= 11 is 0. The molecular weight excluding hydrogens is 208 g/mol. The van der Waals surface area contributed by atoms with Crippen molar-refractivity contribution in [3.8, 4) is 0 Å². The van der Waals surface area contributed by atoms with Crippen molar-refractivity contribution < 1.29 is 19.1 Å². The minimum atomic E-state index is -0.828. The van der Waals surface area contributed by atoms with E-state index in [0.717, 1.165) is 12.8 Å². The standard InChI is InChI=1S/C12H22O4/c1-6-7-8-9(16-12(2,3)4)10(13)11(14)15-5/h9H,6-8H2,1-5H3. The van der Waals surface area contributed by atoms with Crippen molar-refractivity contribution in [1.82, 2.24) is 0 Å². The van der Waals surface area contributed by atoms with Crippen molar-refractivity contribution >= 4 is 11.8 Å². The van der Waals surface area contributed by atoms with Gasteiger partial charge in [0.15, 0.2) is 0 Å². The lowest BCUT2D eigenvalue weighted by atomic mass is 10.1. The lowest BCUT2D eigenvalue weighted by Gasteiger charge is -2.25. The van der Waals surface area contributed by atoms with Gasteiger partial charge in [-0.25, -0.2) is 4.79 Å². The fraction of sp³-hybridized carbons (Fsp3) is 0.833. The highest BCUT2D eigenvalue weighted by atomic mass is 16.5. The smallest absolute Gasteiger partial charge is 0.377 e. The number of carbonyl (C=O) groups excluding carboxylic acids is 2. The summed E-state index contributed by atoms with van der Waals surface area (Å²) in [6.07, 6.45) is 1.68. The predicted molar refractivity (Wildman–Crippen MR) is 61.2 cm³/mol. The Balaban J connectivity index is 4.53. The Morgan fingerprint density at radius 3 is 2.19 bits per heavy atom. The third-order valence-electron chi connectivity index (χ3n) is 1.99. The number of rotatable bonds is 6. The maximum Gasteiger partial charge on any atom is 0.377 e. The maximum atomic E-state index is 11.7. The summed E-state index contributed by atoms with van der Waals surface area (Å²) in [5.74, 6) is -1.42. The van der Waals surface area contributed by atoms with Gasteiger partial charge in [0.25, 0.3) is 5.78 Å². The van der Waals surface area contributed by atoms with Crippen molar-refractivity contribution in [2.75, 3.05) is 7.11 Å². The number of carbonyl (C=O) groups is 2. The van der Waals surface area contributed by atoms with Gasteiger partial charge in [-0.05, 0) is 27.2 Å². The summed E-state index contributed by atoms with van der Waals surface area (Å²) in [7, 11) is 1.20. The normalized spacial score (nSPS) is 13.3. The van der Waals surface area contributed by atoms with Gasteiger partial charge in [-0.3, -0.25) is 4.79 Å². The number of ketones is 1. The lowest BCUT2D eigenvalue weighted by Crippen LogP contribution is -2.37. The minimum absolute atomic E-state index is 0.442. The van der Waals surface area contributed by atoms with Gasteiger partial charge in [0.1, 0.15) is 6.10 Å². The second kappa shape index (κ2) is 6.63. The molecule has 0 radical (unpaired) electrons. The molecule has 0 heterocycles. The van der Waals surface area contributed by atoms with Crippen LogP contribution in [0.3, 0.4) is 0 Å². The van der Waals surface area contributed by atoms with Crippen molar-refractivity contribution in [3.63, 3.8) is 0 Å². The average Bonchev–Trinajstić information content (AvgIpc) is 2.20. The van der Waals surface area contributed by atoms with E-state index in [4.69, 9.17) is 4.74 Å². The molecule has 0 saturated heterocycles. The molecule has 94 valence electrons. The molecule has 1 unspecified atom stereocenters. The highest BCUT2D eigenvalue weighted by molar-refractivity contribution is 6.35. The first-order valence-electron chi connectivity index (χ1n) is 5.61. The summed E-state index contributed by atoms with van der Waals surface area (Å²) in [5.41, 5.74) is -0.442. The van der Waals surface area contributed by atoms with Crippen LogP contribution in [0.15, 0.2) is 0 Å². The number of esters is 1. The number of hydrogen-bond acceptors (Lipinski definition) is 4. The highest BCUT2D eigenvalue weighted by Gasteiger charge is 2.30. The molecule has 0 aliphatic heterocycles. The molecule has 0 aromatic carbocycles. The molecule has 0 saturated carbocycles. The first-order valence-corrected chi connectivity index (χ1v) is 5.61. The van der Waals surface area contributed by atoms with Gasteiger partial charge >= 0.3 is 5.97 Å². The number of Topliss-reactive ketones (excluding diaryl/α,β-unsaturated/α-hetero) is 1. The Kier molecular flexibility index (Phi) is 6.26. The van der Waals surface area contributed by atoms with Crippen molar-refractivity contribution in [1.29, 1.82) is 0 Å². The first-order chi connectivity index (χ1) is 7.31. The zero-order chi connectivity index (χ0) is 12.8. The summed E-state index contributed by atoms with van der Waals surface area (Å²) in [6, 6.07) is 0. The minimum Gasteiger partial charge on any atom is -0.463 e. The van der Waals surface area contributed by atoms with Gasteiger partial charge < -0.3 is 9.47 Å². The van der Waals surface area contributed by atoms with E-state index >= 15 is 0 Å². The Morgan fingerprint density at radius 1 is 1.25 bits per heavy atom. The molecule has 1 atom stereocenters. The highest BCUT2D eigenvalue weighted by Crippen LogP contribution is 2.16. The van der Waals surface area contributed by atoms with Crippen LogP contribution in [0.5, 0.6) is 0 Å². The number of ether oxygens (including phenoxy) is 2. The van der Waals surface area contributed by atoms with Gasteiger partial charge in [0.2, 0.25) is 0 Å². The Bertz CT molecular complexity index is 240.